The zero-order chi connectivity index (χ0) is 18.4. The highest BCUT2D eigenvalue weighted by atomic mass is 79.9. The van der Waals surface area contributed by atoms with Gasteiger partial charge in [-0.3, -0.25) is 4.79 Å². The Morgan fingerprint density at radius 3 is 2.85 bits per heavy atom. The monoisotopic (exact) mass is 418 g/mol. The summed E-state index contributed by atoms with van der Waals surface area (Å²) in [4.78, 5) is 23.4. The maximum atomic E-state index is 12.9. The Hall–Kier alpha value is -2.15. The molecule has 1 atom stereocenters. The Bertz CT molecular complexity index is 739. The number of halogens is 1. The summed E-state index contributed by atoms with van der Waals surface area (Å²) in [5, 5.41) is 3.25. The lowest BCUT2D eigenvalue weighted by Crippen LogP contribution is -2.47. The van der Waals surface area contributed by atoms with Crippen LogP contribution in [-0.2, 0) is 11.2 Å². The molecule has 1 N–H and O–H groups in total. The Balaban J connectivity index is 1.64. The number of methoxy groups -OCH3 is 1. The van der Waals surface area contributed by atoms with Gasteiger partial charge in [0, 0.05) is 37.1 Å². The third-order valence-corrected chi connectivity index (χ3v) is 5.01. The van der Waals surface area contributed by atoms with Crippen LogP contribution in [0.5, 0.6) is 5.75 Å². The second kappa shape index (κ2) is 8.98. The van der Waals surface area contributed by atoms with Gasteiger partial charge < -0.3 is 15.0 Å². The Morgan fingerprint density at radius 2 is 2.08 bits per heavy atom. The Morgan fingerprint density at radius 1 is 1.31 bits per heavy atom. The van der Waals surface area contributed by atoms with Gasteiger partial charge in [0.25, 0.3) is 0 Å². The molecule has 0 bridgehead atoms. The van der Waals surface area contributed by atoms with Crippen molar-refractivity contribution in [3.63, 3.8) is 0 Å². The predicted octanol–water partition coefficient (Wildman–Crippen LogP) is 3.28. The van der Waals surface area contributed by atoms with Crippen molar-refractivity contribution in [2.75, 3.05) is 25.5 Å². The van der Waals surface area contributed by atoms with Crippen LogP contribution in [0.2, 0.25) is 0 Å². The van der Waals surface area contributed by atoms with Gasteiger partial charge in [-0.15, -0.1) is 0 Å². The summed E-state index contributed by atoms with van der Waals surface area (Å²) in [5.74, 6) is 1.48. The summed E-state index contributed by atoms with van der Waals surface area (Å²) in [6.07, 6.45) is 6.94. The lowest BCUT2D eigenvalue weighted by Gasteiger charge is -2.36. The maximum absolute atomic E-state index is 12.9. The van der Waals surface area contributed by atoms with E-state index in [0.717, 1.165) is 41.6 Å². The minimum atomic E-state index is 0.137. The van der Waals surface area contributed by atoms with Gasteiger partial charge in [-0.2, -0.15) is 0 Å². The van der Waals surface area contributed by atoms with Gasteiger partial charge in [0.1, 0.15) is 5.75 Å². The van der Waals surface area contributed by atoms with E-state index in [1.807, 2.05) is 29.2 Å². The molecule has 2 heterocycles. The van der Waals surface area contributed by atoms with E-state index in [9.17, 15) is 4.79 Å². The fourth-order valence-corrected chi connectivity index (χ4v) is 3.47. The highest BCUT2D eigenvalue weighted by Gasteiger charge is 2.27. The topological polar surface area (TPSA) is 67.3 Å². The highest BCUT2D eigenvalue weighted by molar-refractivity contribution is 9.10. The number of anilines is 1. The van der Waals surface area contributed by atoms with Gasteiger partial charge in [0.2, 0.25) is 11.9 Å². The van der Waals surface area contributed by atoms with Gasteiger partial charge in [-0.05, 0) is 41.3 Å². The molecule has 1 aliphatic rings. The molecule has 1 aromatic heterocycles. The summed E-state index contributed by atoms with van der Waals surface area (Å²) >= 11 is 3.33. The van der Waals surface area contributed by atoms with Crippen molar-refractivity contribution < 1.29 is 9.53 Å². The van der Waals surface area contributed by atoms with Crippen LogP contribution in [0.25, 0.3) is 0 Å². The standard InChI is InChI=1S/C19H23BrN4O2/c1-26-17-8-3-2-6-14(17)10-18(25)24-9-5-4-7-16(24)13-23-19-21-11-15(20)12-22-19/h2-3,6,8,11-12,16H,4-5,7,9-10,13H2,1H3,(H,21,22,23). The molecule has 26 heavy (non-hydrogen) atoms. The first-order valence-electron chi connectivity index (χ1n) is 8.80. The fourth-order valence-electron chi connectivity index (χ4n) is 3.27. The lowest BCUT2D eigenvalue weighted by atomic mass is 10.0. The maximum Gasteiger partial charge on any atom is 0.227 e. The van der Waals surface area contributed by atoms with Gasteiger partial charge >= 0.3 is 0 Å². The number of ether oxygens (including phenoxy) is 1. The number of para-hydroxylation sites is 1. The van der Waals surface area contributed by atoms with E-state index in [4.69, 9.17) is 4.74 Å². The first kappa shape index (κ1) is 18.6. The van der Waals surface area contributed by atoms with Gasteiger partial charge in [-0.1, -0.05) is 18.2 Å². The number of nitrogens with zero attached hydrogens (tertiary/aromatic N) is 3. The molecule has 0 radical (unpaired) electrons. The number of carbonyl (C=O) groups is 1. The quantitative estimate of drug-likeness (QED) is 0.779. The van der Waals surface area contributed by atoms with E-state index in [1.165, 1.54) is 0 Å². The molecule has 0 spiro atoms. The molecule has 1 amide bonds. The van der Waals surface area contributed by atoms with E-state index in [1.54, 1.807) is 19.5 Å². The molecule has 7 heteroatoms. The summed E-state index contributed by atoms with van der Waals surface area (Å²) in [6.45, 7) is 1.45. The van der Waals surface area contributed by atoms with Crippen molar-refractivity contribution in [1.29, 1.82) is 0 Å². The van der Waals surface area contributed by atoms with Crippen molar-refractivity contribution in [2.24, 2.45) is 0 Å². The molecule has 138 valence electrons. The lowest BCUT2D eigenvalue weighted by molar-refractivity contribution is -0.133. The molecule has 1 unspecified atom stereocenters. The van der Waals surface area contributed by atoms with E-state index >= 15 is 0 Å². The van der Waals surface area contributed by atoms with Crippen LogP contribution in [0.1, 0.15) is 24.8 Å². The molecule has 0 saturated carbocycles. The number of benzene rings is 1. The van der Waals surface area contributed by atoms with E-state index in [2.05, 4.69) is 31.2 Å². The average molecular weight is 419 g/mol. The largest absolute Gasteiger partial charge is 0.496 e. The van der Waals surface area contributed by atoms with Crippen molar-refractivity contribution in [2.45, 2.75) is 31.7 Å². The second-order valence-corrected chi connectivity index (χ2v) is 7.25. The Kier molecular flexibility index (Phi) is 6.44. The number of likely N-dealkylation sites (tertiary alicyclic amines) is 1. The molecule has 2 aromatic rings. The molecule has 1 fully saturated rings. The summed E-state index contributed by atoms with van der Waals surface area (Å²) in [7, 11) is 1.63. The smallest absolute Gasteiger partial charge is 0.227 e. The van der Waals surface area contributed by atoms with Gasteiger partial charge in [0.15, 0.2) is 0 Å². The zero-order valence-corrected chi connectivity index (χ0v) is 16.4. The molecule has 1 saturated heterocycles. The fraction of sp³-hybridized carbons (Fsp3) is 0.421. The minimum Gasteiger partial charge on any atom is -0.496 e. The van der Waals surface area contributed by atoms with Crippen molar-refractivity contribution in [1.82, 2.24) is 14.9 Å². The molecule has 6 nitrogen and oxygen atoms in total. The number of carbonyl (C=O) groups excluding carboxylic acids is 1. The van der Waals surface area contributed by atoms with Crippen LogP contribution in [0.4, 0.5) is 5.95 Å². The molecule has 1 aromatic carbocycles. The van der Waals surface area contributed by atoms with E-state index in [0.29, 0.717) is 18.9 Å². The number of piperidine rings is 1. The first-order chi connectivity index (χ1) is 12.7. The summed E-state index contributed by atoms with van der Waals surface area (Å²) in [6, 6.07) is 7.84. The minimum absolute atomic E-state index is 0.137. The van der Waals surface area contributed by atoms with Crippen molar-refractivity contribution >= 4 is 27.8 Å². The molecular weight excluding hydrogens is 396 g/mol. The number of aromatic nitrogens is 2. The van der Waals surface area contributed by atoms with Crippen molar-refractivity contribution in [3.8, 4) is 5.75 Å². The van der Waals surface area contributed by atoms with Crippen LogP contribution in [-0.4, -0.2) is 47.0 Å². The van der Waals surface area contributed by atoms with Crippen LogP contribution in [0.3, 0.4) is 0 Å². The van der Waals surface area contributed by atoms with Gasteiger partial charge in [0.05, 0.1) is 18.0 Å². The molecule has 1 aliphatic heterocycles. The van der Waals surface area contributed by atoms with Crippen LogP contribution in [0, 0.1) is 0 Å². The predicted molar refractivity (Wildman–Crippen MR) is 104 cm³/mol. The summed E-state index contributed by atoms with van der Waals surface area (Å²) in [5.41, 5.74) is 0.925. The van der Waals surface area contributed by atoms with Crippen LogP contribution >= 0.6 is 15.9 Å². The molecule has 0 aliphatic carbocycles. The Labute approximate surface area is 162 Å². The van der Waals surface area contributed by atoms with E-state index in [-0.39, 0.29) is 11.9 Å². The third-order valence-electron chi connectivity index (χ3n) is 4.60. The third kappa shape index (κ3) is 4.72. The van der Waals surface area contributed by atoms with E-state index < -0.39 is 0 Å². The molecular formula is C19H23BrN4O2. The SMILES string of the molecule is COc1ccccc1CC(=O)N1CCCCC1CNc1ncc(Br)cn1. The normalized spacial score (nSPS) is 17.0. The summed E-state index contributed by atoms with van der Waals surface area (Å²) < 4.78 is 6.21. The highest BCUT2D eigenvalue weighted by Crippen LogP contribution is 2.22. The number of amides is 1. The second-order valence-electron chi connectivity index (χ2n) is 6.33. The number of nitrogens with one attached hydrogen (secondary N) is 1. The number of hydrogen-bond acceptors (Lipinski definition) is 5. The van der Waals surface area contributed by atoms with Gasteiger partial charge in [-0.25, -0.2) is 9.97 Å². The average Bonchev–Trinajstić information content (AvgIpc) is 2.68. The van der Waals surface area contributed by atoms with Crippen molar-refractivity contribution in [3.05, 3.63) is 46.7 Å². The van der Waals surface area contributed by atoms with Crippen LogP contribution in [0.15, 0.2) is 41.1 Å². The number of rotatable bonds is 6. The van der Waals surface area contributed by atoms with Crippen LogP contribution < -0.4 is 10.1 Å². The zero-order valence-electron chi connectivity index (χ0n) is 14.8. The number of hydrogen-bond donors (Lipinski definition) is 1. The first-order valence-corrected chi connectivity index (χ1v) is 9.59. The molecule has 3 rings (SSSR count).